The molecular formula is C17H21NO4. The number of hydrogen-bond acceptors (Lipinski definition) is 5. The summed E-state index contributed by atoms with van der Waals surface area (Å²) < 4.78 is 5.01. The Labute approximate surface area is 130 Å². The number of methoxy groups -OCH3 is 1. The first-order valence-corrected chi connectivity index (χ1v) is 7.01. The summed E-state index contributed by atoms with van der Waals surface area (Å²) in [7, 11) is 3.40. The second kappa shape index (κ2) is 7.15. The fourth-order valence-electron chi connectivity index (χ4n) is 2.31. The molecule has 0 spiro atoms. The molecule has 5 heteroatoms. The molecule has 0 bridgehead atoms. The Kier molecular flexibility index (Phi) is 5.25. The van der Waals surface area contributed by atoms with Crippen molar-refractivity contribution < 1.29 is 20.1 Å². The van der Waals surface area contributed by atoms with Crippen molar-refractivity contribution in [3.63, 3.8) is 0 Å². The van der Waals surface area contributed by atoms with Gasteiger partial charge in [0.15, 0.2) is 11.5 Å². The molecule has 2 rings (SSSR count). The van der Waals surface area contributed by atoms with E-state index in [1.807, 2.05) is 18.0 Å². The molecular weight excluding hydrogens is 282 g/mol. The molecule has 0 fully saturated rings. The topological polar surface area (TPSA) is 73.2 Å². The average Bonchev–Trinajstić information content (AvgIpc) is 2.48. The van der Waals surface area contributed by atoms with Crippen LogP contribution in [0.3, 0.4) is 0 Å². The number of ether oxygens (including phenoxy) is 1. The lowest BCUT2D eigenvalue weighted by Crippen LogP contribution is -2.24. The Morgan fingerprint density at radius 3 is 2.36 bits per heavy atom. The van der Waals surface area contributed by atoms with Gasteiger partial charge >= 0.3 is 0 Å². The summed E-state index contributed by atoms with van der Waals surface area (Å²) in [6, 6.07) is 11.8. The highest BCUT2D eigenvalue weighted by molar-refractivity contribution is 5.41. The molecule has 3 N–H and O–H groups in total. The molecule has 2 aromatic rings. The van der Waals surface area contributed by atoms with Gasteiger partial charge < -0.3 is 20.1 Å². The zero-order chi connectivity index (χ0) is 16.1. The van der Waals surface area contributed by atoms with Crippen LogP contribution in [0.15, 0.2) is 42.5 Å². The van der Waals surface area contributed by atoms with Crippen LogP contribution in [0.2, 0.25) is 0 Å². The molecule has 2 aromatic carbocycles. The normalized spacial score (nSPS) is 12.4. The van der Waals surface area contributed by atoms with Gasteiger partial charge in [-0.3, -0.25) is 4.90 Å². The van der Waals surface area contributed by atoms with Crippen molar-refractivity contribution in [1.82, 2.24) is 4.90 Å². The molecule has 0 amide bonds. The molecule has 0 saturated carbocycles. The number of hydrogen-bond donors (Lipinski definition) is 3. The monoisotopic (exact) mass is 303 g/mol. The zero-order valence-electron chi connectivity index (χ0n) is 12.7. The van der Waals surface area contributed by atoms with Crippen LogP contribution in [-0.4, -0.2) is 40.9 Å². The first-order chi connectivity index (χ1) is 10.5. The van der Waals surface area contributed by atoms with E-state index in [-0.39, 0.29) is 11.5 Å². The third kappa shape index (κ3) is 4.13. The standard InChI is InChI=1S/C17H21NO4/c1-18(10-12-3-8-17(22-2)15(20)9-12)11-16(21)13-4-6-14(19)7-5-13/h3-9,16,19-21H,10-11H2,1-2H3. The van der Waals surface area contributed by atoms with Gasteiger partial charge in [-0.05, 0) is 42.4 Å². The Morgan fingerprint density at radius 2 is 1.77 bits per heavy atom. The number of aliphatic hydroxyl groups excluding tert-OH is 1. The van der Waals surface area contributed by atoms with Crippen molar-refractivity contribution in [3.8, 4) is 17.2 Å². The Balaban J connectivity index is 1.96. The molecule has 0 aromatic heterocycles. The number of phenols is 2. The largest absolute Gasteiger partial charge is 0.508 e. The van der Waals surface area contributed by atoms with E-state index in [0.717, 1.165) is 11.1 Å². The quantitative estimate of drug-likeness (QED) is 0.763. The maximum atomic E-state index is 10.2. The van der Waals surface area contributed by atoms with E-state index in [4.69, 9.17) is 4.74 Å². The second-order valence-corrected chi connectivity index (χ2v) is 5.31. The third-order valence-corrected chi connectivity index (χ3v) is 3.46. The van der Waals surface area contributed by atoms with Crippen molar-refractivity contribution in [2.24, 2.45) is 0 Å². The van der Waals surface area contributed by atoms with E-state index in [0.29, 0.717) is 18.8 Å². The summed E-state index contributed by atoms with van der Waals surface area (Å²) in [5.74, 6) is 0.723. The highest BCUT2D eigenvalue weighted by Crippen LogP contribution is 2.27. The predicted octanol–water partition coefficient (Wildman–Crippen LogP) is 2.27. The first-order valence-electron chi connectivity index (χ1n) is 7.01. The first kappa shape index (κ1) is 16.1. The minimum Gasteiger partial charge on any atom is -0.508 e. The lowest BCUT2D eigenvalue weighted by Gasteiger charge is -2.21. The summed E-state index contributed by atoms with van der Waals surface area (Å²) >= 11 is 0. The van der Waals surface area contributed by atoms with Crippen LogP contribution in [0, 0.1) is 0 Å². The van der Waals surface area contributed by atoms with Gasteiger partial charge in [0.05, 0.1) is 13.2 Å². The van der Waals surface area contributed by atoms with Crippen LogP contribution in [0.4, 0.5) is 0 Å². The molecule has 118 valence electrons. The minimum absolute atomic E-state index is 0.104. The number of aliphatic hydroxyl groups is 1. The van der Waals surface area contributed by atoms with E-state index >= 15 is 0 Å². The molecule has 0 aliphatic carbocycles. The van der Waals surface area contributed by atoms with Crippen molar-refractivity contribution in [2.45, 2.75) is 12.6 Å². The van der Waals surface area contributed by atoms with Gasteiger partial charge in [-0.2, -0.15) is 0 Å². The van der Waals surface area contributed by atoms with Crippen LogP contribution < -0.4 is 4.74 Å². The van der Waals surface area contributed by atoms with Crippen LogP contribution in [0.5, 0.6) is 17.2 Å². The molecule has 0 aliphatic rings. The van der Waals surface area contributed by atoms with Crippen molar-refractivity contribution in [1.29, 1.82) is 0 Å². The predicted molar refractivity (Wildman–Crippen MR) is 84.1 cm³/mol. The average molecular weight is 303 g/mol. The molecule has 22 heavy (non-hydrogen) atoms. The van der Waals surface area contributed by atoms with Gasteiger partial charge in [-0.25, -0.2) is 0 Å². The fraction of sp³-hybridized carbons (Fsp3) is 0.294. The maximum Gasteiger partial charge on any atom is 0.160 e. The highest BCUT2D eigenvalue weighted by atomic mass is 16.5. The summed E-state index contributed by atoms with van der Waals surface area (Å²) in [6.45, 7) is 1.03. The van der Waals surface area contributed by atoms with Gasteiger partial charge in [-0.15, -0.1) is 0 Å². The van der Waals surface area contributed by atoms with Gasteiger partial charge in [-0.1, -0.05) is 18.2 Å². The molecule has 0 saturated heterocycles. The van der Waals surface area contributed by atoms with Crippen molar-refractivity contribution >= 4 is 0 Å². The zero-order valence-corrected chi connectivity index (χ0v) is 12.7. The molecule has 0 aliphatic heterocycles. The van der Waals surface area contributed by atoms with E-state index in [1.54, 1.807) is 36.4 Å². The number of nitrogens with zero attached hydrogens (tertiary/aromatic N) is 1. The molecule has 0 radical (unpaired) electrons. The van der Waals surface area contributed by atoms with Crippen LogP contribution in [-0.2, 0) is 6.54 Å². The van der Waals surface area contributed by atoms with E-state index in [1.165, 1.54) is 7.11 Å². The number of aromatic hydroxyl groups is 2. The Morgan fingerprint density at radius 1 is 1.09 bits per heavy atom. The van der Waals surface area contributed by atoms with E-state index in [9.17, 15) is 15.3 Å². The highest BCUT2D eigenvalue weighted by Gasteiger charge is 2.12. The number of likely N-dealkylation sites (N-methyl/N-ethyl adjacent to an activating group) is 1. The van der Waals surface area contributed by atoms with Gasteiger partial charge in [0, 0.05) is 13.1 Å². The summed E-state index contributed by atoms with van der Waals surface area (Å²) in [6.07, 6.45) is -0.641. The van der Waals surface area contributed by atoms with E-state index in [2.05, 4.69) is 0 Å². The van der Waals surface area contributed by atoms with Crippen LogP contribution >= 0.6 is 0 Å². The van der Waals surface area contributed by atoms with Crippen molar-refractivity contribution in [2.75, 3.05) is 20.7 Å². The Bertz CT molecular complexity index is 613. The lowest BCUT2D eigenvalue weighted by atomic mass is 10.1. The number of benzene rings is 2. The van der Waals surface area contributed by atoms with Gasteiger partial charge in [0.25, 0.3) is 0 Å². The third-order valence-electron chi connectivity index (χ3n) is 3.46. The molecule has 1 atom stereocenters. The van der Waals surface area contributed by atoms with Crippen LogP contribution in [0.1, 0.15) is 17.2 Å². The summed E-state index contributed by atoms with van der Waals surface area (Å²) in [4.78, 5) is 1.96. The van der Waals surface area contributed by atoms with Gasteiger partial charge in [0.1, 0.15) is 5.75 Å². The smallest absolute Gasteiger partial charge is 0.160 e. The van der Waals surface area contributed by atoms with Crippen LogP contribution in [0.25, 0.3) is 0 Å². The lowest BCUT2D eigenvalue weighted by molar-refractivity contribution is 0.124. The molecule has 5 nitrogen and oxygen atoms in total. The van der Waals surface area contributed by atoms with Crippen molar-refractivity contribution in [3.05, 3.63) is 53.6 Å². The van der Waals surface area contributed by atoms with Gasteiger partial charge in [0.2, 0.25) is 0 Å². The van der Waals surface area contributed by atoms with E-state index < -0.39 is 6.10 Å². The summed E-state index contributed by atoms with van der Waals surface area (Å²) in [5.41, 5.74) is 1.68. The maximum absolute atomic E-state index is 10.2. The fourth-order valence-corrected chi connectivity index (χ4v) is 2.31. The minimum atomic E-state index is -0.641. The molecule has 0 heterocycles. The number of rotatable bonds is 6. The Hall–Kier alpha value is -2.24. The SMILES string of the molecule is COc1ccc(CN(C)CC(O)c2ccc(O)cc2)cc1O. The summed E-state index contributed by atoms with van der Waals surface area (Å²) in [5, 5.41) is 29.2. The second-order valence-electron chi connectivity index (χ2n) is 5.31. The molecule has 1 unspecified atom stereocenters. The number of phenolic OH excluding ortho intramolecular Hbond substituents is 2.